The van der Waals surface area contributed by atoms with E-state index < -0.39 is 0 Å². The average Bonchev–Trinajstić information content (AvgIpc) is 2.93. The molecule has 0 fully saturated rings. The largest absolute Gasteiger partial charge is 0.487 e. The van der Waals surface area contributed by atoms with E-state index in [2.05, 4.69) is 24.2 Å². The van der Waals surface area contributed by atoms with Crippen molar-refractivity contribution in [1.82, 2.24) is 15.0 Å². The molecule has 21 heavy (non-hydrogen) atoms. The molecule has 0 saturated heterocycles. The van der Waals surface area contributed by atoms with Gasteiger partial charge in [0.25, 0.3) is 0 Å². The van der Waals surface area contributed by atoms with Crippen LogP contribution in [0, 0.1) is 0 Å². The molecule has 1 aromatic carbocycles. The van der Waals surface area contributed by atoms with E-state index in [1.807, 2.05) is 24.3 Å². The van der Waals surface area contributed by atoms with E-state index in [0.29, 0.717) is 12.3 Å². The molecule has 0 amide bonds. The van der Waals surface area contributed by atoms with Gasteiger partial charge in [-0.25, -0.2) is 4.68 Å². The Hall–Kier alpha value is -2.17. The minimum atomic E-state index is 0.302. The zero-order chi connectivity index (χ0) is 15.1. The highest BCUT2D eigenvalue weighted by molar-refractivity contribution is 5.73. The number of benzene rings is 1. The number of hydrogen-bond acceptors (Lipinski definition) is 4. The Morgan fingerprint density at radius 2 is 2.00 bits per heavy atom. The van der Waals surface area contributed by atoms with E-state index in [1.54, 1.807) is 4.68 Å². The average molecular weight is 287 g/mol. The predicted octanol–water partition coefficient (Wildman–Crippen LogP) is 3.03. The minimum absolute atomic E-state index is 0.302. The molecule has 1 aromatic heterocycles. The van der Waals surface area contributed by atoms with Gasteiger partial charge in [-0.15, -0.1) is 5.10 Å². The van der Waals surface area contributed by atoms with Crippen LogP contribution in [0.25, 0.3) is 0 Å². The van der Waals surface area contributed by atoms with Gasteiger partial charge in [-0.05, 0) is 30.5 Å². The maximum Gasteiger partial charge on any atom is 0.172 e. The minimum Gasteiger partial charge on any atom is -0.487 e. The van der Waals surface area contributed by atoms with Gasteiger partial charge >= 0.3 is 0 Å². The van der Waals surface area contributed by atoms with Crippen LogP contribution in [-0.4, -0.2) is 21.3 Å². The molecule has 0 spiro atoms. The van der Waals surface area contributed by atoms with Crippen molar-refractivity contribution in [1.29, 1.82) is 0 Å². The van der Waals surface area contributed by atoms with Crippen molar-refractivity contribution in [3.8, 4) is 5.75 Å². The molecular weight excluding hydrogens is 266 g/mol. The van der Waals surface area contributed by atoms with Crippen molar-refractivity contribution in [2.75, 3.05) is 0 Å². The van der Waals surface area contributed by atoms with E-state index >= 15 is 0 Å². The van der Waals surface area contributed by atoms with Crippen molar-refractivity contribution in [2.24, 2.45) is 0 Å². The van der Waals surface area contributed by atoms with Gasteiger partial charge in [0.15, 0.2) is 12.0 Å². The van der Waals surface area contributed by atoms with Crippen LogP contribution < -0.4 is 4.74 Å². The Kier molecular flexibility index (Phi) is 5.49. The van der Waals surface area contributed by atoms with Crippen LogP contribution in [0.3, 0.4) is 0 Å². The molecule has 2 aromatic rings. The molecule has 112 valence electrons. The molecule has 0 radical (unpaired) electrons. The van der Waals surface area contributed by atoms with Crippen molar-refractivity contribution in [3.05, 3.63) is 41.2 Å². The molecule has 0 aliphatic carbocycles. The van der Waals surface area contributed by atoms with Crippen molar-refractivity contribution >= 4 is 6.29 Å². The topological polar surface area (TPSA) is 57.0 Å². The van der Waals surface area contributed by atoms with E-state index in [4.69, 9.17) is 4.74 Å². The summed E-state index contributed by atoms with van der Waals surface area (Å²) in [7, 11) is 0. The molecule has 0 unspecified atom stereocenters. The van der Waals surface area contributed by atoms with Gasteiger partial charge in [0.1, 0.15) is 18.1 Å². The molecule has 5 heteroatoms. The third-order valence-corrected chi connectivity index (χ3v) is 3.41. The highest BCUT2D eigenvalue weighted by Gasteiger charge is 2.12. The van der Waals surface area contributed by atoms with Crippen LogP contribution in [0.2, 0.25) is 0 Å². The number of aromatic nitrogens is 3. The second-order valence-corrected chi connectivity index (χ2v) is 4.90. The fourth-order valence-electron chi connectivity index (χ4n) is 2.05. The van der Waals surface area contributed by atoms with E-state index in [-0.39, 0.29) is 0 Å². The Morgan fingerprint density at radius 1 is 1.24 bits per heavy atom. The van der Waals surface area contributed by atoms with Crippen molar-refractivity contribution in [2.45, 2.75) is 46.3 Å². The van der Waals surface area contributed by atoms with Gasteiger partial charge in [-0.3, -0.25) is 4.79 Å². The van der Waals surface area contributed by atoms with Gasteiger partial charge in [0, 0.05) is 6.54 Å². The molecule has 0 aliphatic rings. The standard InChI is InChI=1S/C16H21N3O2/c1-3-5-10-19-16(15(11-20)17-18-19)12-21-14-8-6-13(4-2)7-9-14/h6-9,11H,3-5,10,12H2,1-2H3. The highest BCUT2D eigenvalue weighted by Crippen LogP contribution is 2.15. The SMILES string of the molecule is CCCCn1nnc(C=O)c1COc1ccc(CC)cc1. The van der Waals surface area contributed by atoms with Crippen molar-refractivity contribution in [3.63, 3.8) is 0 Å². The number of ether oxygens (including phenoxy) is 1. The predicted molar refractivity (Wildman–Crippen MR) is 80.5 cm³/mol. The summed E-state index contributed by atoms with van der Waals surface area (Å²) in [5, 5.41) is 7.91. The fourth-order valence-corrected chi connectivity index (χ4v) is 2.05. The lowest BCUT2D eigenvalue weighted by Crippen LogP contribution is -2.09. The second-order valence-electron chi connectivity index (χ2n) is 4.90. The van der Waals surface area contributed by atoms with E-state index in [9.17, 15) is 4.79 Å². The smallest absolute Gasteiger partial charge is 0.172 e. The van der Waals surface area contributed by atoms with Crippen molar-refractivity contribution < 1.29 is 9.53 Å². The number of rotatable bonds is 8. The number of carbonyl (C=O) groups is 1. The first-order valence-electron chi connectivity index (χ1n) is 7.37. The molecular formula is C16H21N3O2. The first kappa shape index (κ1) is 15.2. The maximum absolute atomic E-state index is 11.0. The van der Waals surface area contributed by atoms with E-state index in [1.165, 1.54) is 5.56 Å². The summed E-state index contributed by atoms with van der Waals surface area (Å²) in [6.07, 6.45) is 3.80. The van der Waals surface area contributed by atoms with Crippen LogP contribution in [-0.2, 0) is 19.6 Å². The van der Waals surface area contributed by atoms with Crippen LogP contribution in [0.15, 0.2) is 24.3 Å². The summed E-state index contributed by atoms with van der Waals surface area (Å²) in [6.45, 7) is 5.29. The number of aryl methyl sites for hydroxylation is 2. The summed E-state index contributed by atoms with van der Waals surface area (Å²) < 4.78 is 7.51. The first-order valence-corrected chi connectivity index (χ1v) is 7.37. The van der Waals surface area contributed by atoms with Gasteiger partial charge in [-0.2, -0.15) is 0 Å². The summed E-state index contributed by atoms with van der Waals surface area (Å²) in [5.41, 5.74) is 2.36. The number of carbonyl (C=O) groups excluding carboxylic acids is 1. The number of hydrogen-bond donors (Lipinski definition) is 0. The lowest BCUT2D eigenvalue weighted by molar-refractivity contribution is 0.111. The van der Waals surface area contributed by atoms with Gasteiger partial charge in [0.2, 0.25) is 0 Å². The van der Waals surface area contributed by atoms with Crippen LogP contribution >= 0.6 is 0 Å². The monoisotopic (exact) mass is 287 g/mol. The summed E-state index contributed by atoms with van der Waals surface area (Å²) in [6, 6.07) is 7.98. The molecule has 0 N–H and O–H groups in total. The summed E-state index contributed by atoms with van der Waals surface area (Å²) >= 11 is 0. The summed E-state index contributed by atoms with van der Waals surface area (Å²) in [5.74, 6) is 0.785. The third kappa shape index (κ3) is 3.90. The zero-order valence-corrected chi connectivity index (χ0v) is 12.6. The molecule has 5 nitrogen and oxygen atoms in total. The Morgan fingerprint density at radius 3 is 2.62 bits per heavy atom. The quantitative estimate of drug-likeness (QED) is 0.700. The third-order valence-electron chi connectivity index (χ3n) is 3.41. The Balaban J connectivity index is 2.06. The van der Waals surface area contributed by atoms with Crippen LogP contribution in [0.1, 0.15) is 48.4 Å². The normalized spacial score (nSPS) is 10.6. The van der Waals surface area contributed by atoms with E-state index in [0.717, 1.165) is 43.5 Å². The fraction of sp³-hybridized carbons (Fsp3) is 0.438. The maximum atomic E-state index is 11.0. The first-order chi connectivity index (χ1) is 10.3. The van der Waals surface area contributed by atoms with Gasteiger partial charge in [-0.1, -0.05) is 37.6 Å². The number of unbranched alkanes of at least 4 members (excludes halogenated alkanes) is 1. The van der Waals surface area contributed by atoms with Gasteiger partial charge in [0.05, 0.1) is 0 Å². The van der Waals surface area contributed by atoms with Crippen LogP contribution in [0.4, 0.5) is 0 Å². The molecule has 1 heterocycles. The lowest BCUT2D eigenvalue weighted by Gasteiger charge is -2.09. The number of aldehydes is 1. The number of nitrogens with zero attached hydrogens (tertiary/aromatic N) is 3. The highest BCUT2D eigenvalue weighted by atomic mass is 16.5. The Labute approximate surface area is 124 Å². The lowest BCUT2D eigenvalue weighted by atomic mass is 10.2. The van der Waals surface area contributed by atoms with Crippen LogP contribution in [0.5, 0.6) is 5.75 Å². The molecule has 0 saturated carbocycles. The second kappa shape index (κ2) is 7.57. The Bertz CT molecular complexity index is 576. The molecule has 0 bridgehead atoms. The van der Waals surface area contributed by atoms with Gasteiger partial charge < -0.3 is 4.74 Å². The summed E-state index contributed by atoms with van der Waals surface area (Å²) in [4.78, 5) is 11.0. The molecule has 2 rings (SSSR count). The molecule has 0 atom stereocenters. The molecule has 0 aliphatic heterocycles. The zero-order valence-electron chi connectivity index (χ0n) is 12.6.